The van der Waals surface area contributed by atoms with Gasteiger partial charge in [0.25, 0.3) is 11.8 Å². The molecule has 1 saturated heterocycles. The molecule has 1 fully saturated rings. The van der Waals surface area contributed by atoms with Gasteiger partial charge < -0.3 is 24.6 Å². The number of halogens is 1. The van der Waals surface area contributed by atoms with Gasteiger partial charge in [0.15, 0.2) is 0 Å². The molecule has 1 aliphatic rings. The van der Waals surface area contributed by atoms with E-state index in [-0.39, 0.29) is 35.3 Å². The number of anilines is 1. The Morgan fingerprint density at radius 3 is 2.39 bits per heavy atom. The van der Waals surface area contributed by atoms with E-state index in [4.69, 9.17) is 9.47 Å². The van der Waals surface area contributed by atoms with E-state index in [2.05, 4.69) is 26.2 Å². The van der Waals surface area contributed by atoms with Gasteiger partial charge in [-0.2, -0.15) is 0 Å². The van der Waals surface area contributed by atoms with E-state index >= 15 is 0 Å². The zero-order chi connectivity index (χ0) is 29.4. The number of likely N-dealkylation sites (tertiary alicyclic amines) is 1. The highest BCUT2D eigenvalue weighted by atomic mass is 79.9. The van der Waals surface area contributed by atoms with Gasteiger partial charge in [0.2, 0.25) is 5.88 Å². The van der Waals surface area contributed by atoms with Crippen molar-refractivity contribution in [3.63, 3.8) is 0 Å². The summed E-state index contributed by atoms with van der Waals surface area (Å²) in [5.74, 6) is -0.671. The molecule has 0 saturated carbocycles. The van der Waals surface area contributed by atoms with Gasteiger partial charge in [-0.25, -0.2) is 9.78 Å². The fourth-order valence-corrected chi connectivity index (χ4v) is 4.82. The third kappa shape index (κ3) is 8.07. The van der Waals surface area contributed by atoms with Crippen LogP contribution < -0.4 is 15.0 Å². The van der Waals surface area contributed by atoms with Gasteiger partial charge in [-0.05, 0) is 71.2 Å². The lowest BCUT2D eigenvalue weighted by Crippen LogP contribution is -2.42. The summed E-state index contributed by atoms with van der Waals surface area (Å²) < 4.78 is 12.0. The Morgan fingerprint density at radius 2 is 1.76 bits per heavy atom. The van der Waals surface area contributed by atoms with Crippen LogP contribution in [0.25, 0.3) is 0 Å². The summed E-state index contributed by atoms with van der Waals surface area (Å²) >= 11 is 3.37. The van der Waals surface area contributed by atoms with Crippen LogP contribution in [0, 0.1) is 0 Å². The number of hydrogen-bond donors (Lipinski definition) is 1. The number of carbonyl (C=O) groups is 3. The molecular formula is C31H35BrN4O5. The van der Waals surface area contributed by atoms with Crippen molar-refractivity contribution < 1.29 is 23.9 Å². The molecule has 4 rings (SSSR count). The van der Waals surface area contributed by atoms with Crippen LogP contribution in [-0.4, -0.2) is 74.1 Å². The van der Waals surface area contributed by atoms with Crippen molar-refractivity contribution in [2.75, 3.05) is 45.2 Å². The summed E-state index contributed by atoms with van der Waals surface area (Å²) in [6.07, 6.45) is 3.52. The fraction of sp³-hybridized carbons (Fsp3) is 0.355. The predicted octanol–water partition coefficient (Wildman–Crippen LogP) is 4.74. The highest BCUT2D eigenvalue weighted by Crippen LogP contribution is 2.22. The molecule has 9 nitrogen and oxygen atoms in total. The molecule has 3 aromatic rings. The van der Waals surface area contributed by atoms with Crippen molar-refractivity contribution >= 4 is 39.4 Å². The third-order valence-corrected chi connectivity index (χ3v) is 7.34. The van der Waals surface area contributed by atoms with Crippen LogP contribution in [0.15, 0.2) is 65.3 Å². The van der Waals surface area contributed by atoms with E-state index in [9.17, 15) is 14.4 Å². The van der Waals surface area contributed by atoms with Gasteiger partial charge in [-0.1, -0.05) is 12.1 Å². The minimum Gasteiger partial charge on any atom is -0.474 e. The van der Waals surface area contributed by atoms with E-state index in [0.717, 1.165) is 15.7 Å². The first-order valence-corrected chi connectivity index (χ1v) is 14.5. The second kappa shape index (κ2) is 14.1. The number of hydrogen-bond acceptors (Lipinski definition) is 7. The molecule has 10 heteroatoms. The number of nitrogens with one attached hydrogen (secondary N) is 1. The van der Waals surface area contributed by atoms with Gasteiger partial charge in [0, 0.05) is 69.0 Å². The van der Waals surface area contributed by atoms with Crippen molar-refractivity contribution in [2.24, 2.45) is 0 Å². The zero-order valence-electron chi connectivity index (χ0n) is 23.6. The number of piperidine rings is 1. The molecular weight excluding hydrogens is 588 g/mol. The molecule has 0 spiro atoms. The molecule has 216 valence electrons. The molecule has 2 amide bonds. The number of benzene rings is 2. The van der Waals surface area contributed by atoms with E-state index in [1.54, 1.807) is 24.1 Å². The molecule has 0 aliphatic carbocycles. The first kappa shape index (κ1) is 30.0. The maximum atomic E-state index is 13.6. The average Bonchev–Trinajstić information content (AvgIpc) is 2.98. The normalized spacial score (nSPS) is 13.4. The molecule has 1 N–H and O–H groups in total. The van der Waals surface area contributed by atoms with Gasteiger partial charge in [-0.15, -0.1) is 0 Å². The lowest BCUT2D eigenvalue weighted by atomic mass is 10.00. The number of carbonyl (C=O) groups excluding carboxylic acids is 3. The summed E-state index contributed by atoms with van der Waals surface area (Å²) in [7, 11) is 3.96. The second-order valence-electron chi connectivity index (χ2n) is 9.97. The Hall–Kier alpha value is -3.92. The van der Waals surface area contributed by atoms with Crippen LogP contribution in [-0.2, 0) is 11.2 Å². The van der Waals surface area contributed by atoms with Crippen LogP contribution in [0.4, 0.5) is 5.69 Å². The van der Waals surface area contributed by atoms with Gasteiger partial charge in [-0.3, -0.25) is 9.59 Å². The van der Waals surface area contributed by atoms with E-state index < -0.39 is 11.9 Å². The summed E-state index contributed by atoms with van der Waals surface area (Å²) in [6.45, 7) is 3.26. The first-order valence-electron chi connectivity index (χ1n) is 13.7. The monoisotopic (exact) mass is 622 g/mol. The summed E-state index contributed by atoms with van der Waals surface area (Å²) in [5, 5.41) is 2.92. The maximum Gasteiger partial charge on any atom is 0.338 e. The average molecular weight is 624 g/mol. The minimum atomic E-state index is -0.541. The standard InChI is InChI=1S/C31H35BrN4O5/c1-4-40-31(39)22-7-11-26(27(19-22)29(37)33-16-13-21-5-9-24(10-6-21)35(2)3)30(38)36-17-14-25(15-18-36)41-28-12-8-23(32)20-34-28/h5-12,19-20,25H,4,13-18H2,1-3H3,(H,33,37). The quantitative estimate of drug-likeness (QED) is 0.326. The zero-order valence-corrected chi connectivity index (χ0v) is 25.1. The van der Waals surface area contributed by atoms with Gasteiger partial charge in [0.05, 0.1) is 23.3 Å². The van der Waals surface area contributed by atoms with Crippen molar-refractivity contribution in [3.8, 4) is 5.88 Å². The molecule has 2 heterocycles. The van der Waals surface area contributed by atoms with Crippen molar-refractivity contribution in [1.82, 2.24) is 15.2 Å². The summed E-state index contributed by atoms with van der Waals surface area (Å²) in [4.78, 5) is 47.3. The highest BCUT2D eigenvalue weighted by Gasteiger charge is 2.28. The number of rotatable bonds is 10. The first-order chi connectivity index (χ1) is 19.7. The van der Waals surface area contributed by atoms with E-state index in [1.807, 2.05) is 49.3 Å². The third-order valence-electron chi connectivity index (χ3n) is 6.87. The number of amides is 2. The maximum absolute atomic E-state index is 13.6. The van der Waals surface area contributed by atoms with Gasteiger partial charge >= 0.3 is 5.97 Å². The topological polar surface area (TPSA) is 101 Å². The van der Waals surface area contributed by atoms with Crippen LogP contribution >= 0.6 is 15.9 Å². The Kier molecular flexibility index (Phi) is 10.3. The number of aromatic nitrogens is 1. The Balaban J connectivity index is 1.43. The minimum absolute atomic E-state index is 0.0616. The van der Waals surface area contributed by atoms with Crippen LogP contribution in [0.3, 0.4) is 0 Å². The molecule has 0 unspecified atom stereocenters. The Labute approximate surface area is 249 Å². The lowest BCUT2D eigenvalue weighted by Gasteiger charge is -2.32. The Morgan fingerprint density at radius 1 is 1.02 bits per heavy atom. The van der Waals surface area contributed by atoms with Crippen LogP contribution in [0.5, 0.6) is 5.88 Å². The molecule has 1 aliphatic heterocycles. The summed E-state index contributed by atoms with van der Waals surface area (Å²) in [6, 6.07) is 16.3. The largest absolute Gasteiger partial charge is 0.474 e. The summed E-state index contributed by atoms with van der Waals surface area (Å²) in [5.41, 5.74) is 2.80. The number of ether oxygens (including phenoxy) is 2. The Bertz CT molecular complexity index is 1350. The molecule has 0 bridgehead atoms. The van der Waals surface area contributed by atoms with Crippen LogP contribution in [0.1, 0.15) is 56.4 Å². The molecule has 0 radical (unpaired) electrons. The second-order valence-corrected chi connectivity index (χ2v) is 10.9. The van der Waals surface area contributed by atoms with Crippen molar-refractivity contribution in [2.45, 2.75) is 32.3 Å². The van der Waals surface area contributed by atoms with Gasteiger partial charge in [0.1, 0.15) is 6.10 Å². The smallest absolute Gasteiger partial charge is 0.338 e. The predicted molar refractivity (Wildman–Crippen MR) is 161 cm³/mol. The number of pyridine rings is 1. The lowest BCUT2D eigenvalue weighted by molar-refractivity contribution is 0.0523. The SMILES string of the molecule is CCOC(=O)c1ccc(C(=O)N2CCC(Oc3ccc(Br)cn3)CC2)c(C(=O)NCCc2ccc(N(C)C)cc2)c1. The molecule has 0 atom stereocenters. The van der Waals surface area contributed by atoms with E-state index in [0.29, 0.717) is 44.8 Å². The number of esters is 1. The fourth-order valence-electron chi connectivity index (χ4n) is 4.59. The molecule has 41 heavy (non-hydrogen) atoms. The highest BCUT2D eigenvalue weighted by molar-refractivity contribution is 9.10. The number of nitrogens with zero attached hydrogens (tertiary/aromatic N) is 3. The van der Waals surface area contributed by atoms with Crippen molar-refractivity contribution in [1.29, 1.82) is 0 Å². The van der Waals surface area contributed by atoms with Crippen molar-refractivity contribution in [3.05, 3.63) is 87.5 Å². The molecule has 1 aromatic heterocycles. The molecule has 2 aromatic carbocycles. The van der Waals surface area contributed by atoms with E-state index in [1.165, 1.54) is 18.2 Å². The van der Waals surface area contributed by atoms with Crippen LogP contribution in [0.2, 0.25) is 0 Å².